The molecule has 2 heterocycles. The van der Waals surface area contributed by atoms with Crippen molar-refractivity contribution in [3.05, 3.63) is 88.4 Å². The van der Waals surface area contributed by atoms with Gasteiger partial charge in [0, 0.05) is 22.0 Å². The molecule has 0 bridgehead atoms. The Labute approximate surface area is 206 Å². The lowest BCUT2D eigenvalue weighted by atomic mass is 10.0. The Morgan fingerprint density at radius 3 is 2.53 bits per heavy atom. The predicted octanol–water partition coefficient (Wildman–Crippen LogP) is 4.87. The molecule has 2 aliphatic rings. The Balaban J connectivity index is 1.50. The number of anilines is 3. The van der Waals surface area contributed by atoms with E-state index in [2.05, 4.69) is 5.32 Å². The highest BCUT2D eigenvalue weighted by Gasteiger charge is 2.61. The molecule has 1 N–H and O–H groups in total. The molecule has 0 aliphatic carbocycles. The Kier molecular flexibility index (Phi) is 5.62. The number of amides is 3. The number of carbonyl (C=O) groups is 3. The van der Waals surface area contributed by atoms with Crippen LogP contribution in [0.2, 0.25) is 5.02 Å². The first-order valence-corrected chi connectivity index (χ1v) is 12.2. The van der Waals surface area contributed by atoms with E-state index in [1.165, 1.54) is 21.6 Å². The van der Waals surface area contributed by atoms with Gasteiger partial charge in [-0.3, -0.25) is 24.2 Å². The van der Waals surface area contributed by atoms with Gasteiger partial charge in [-0.1, -0.05) is 47.5 Å². The molecular formula is C26H22ClN3O3S. The number of rotatable bonds is 4. The molecule has 34 heavy (non-hydrogen) atoms. The van der Waals surface area contributed by atoms with Crippen LogP contribution in [0.1, 0.15) is 16.7 Å². The van der Waals surface area contributed by atoms with Crippen molar-refractivity contribution in [3.8, 4) is 0 Å². The van der Waals surface area contributed by atoms with Crippen LogP contribution in [0.4, 0.5) is 17.1 Å². The Morgan fingerprint density at radius 2 is 1.79 bits per heavy atom. The van der Waals surface area contributed by atoms with Gasteiger partial charge in [0.15, 0.2) is 0 Å². The third-order valence-electron chi connectivity index (χ3n) is 6.11. The molecule has 0 unspecified atom stereocenters. The third kappa shape index (κ3) is 3.56. The van der Waals surface area contributed by atoms with Crippen LogP contribution >= 0.6 is 23.4 Å². The summed E-state index contributed by atoms with van der Waals surface area (Å²) in [6.45, 7) is 3.76. The van der Waals surface area contributed by atoms with E-state index in [-0.39, 0.29) is 30.0 Å². The number of carbonyl (C=O) groups excluding carboxylic acids is 3. The first kappa shape index (κ1) is 22.5. The molecule has 8 heteroatoms. The van der Waals surface area contributed by atoms with Crippen molar-refractivity contribution in [1.29, 1.82) is 0 Å². The smallest absolute Gasteiger partial charge is 0.269 e. The van der Waals surface area contributed by atoms with E-state index in [0.717, 1.165) is 11.1 Å². The van der Waals surface area contributed by atoms with E-state index in [4.69, 9.17) is 11.6 Å². The number of para-hydroxylation sites is 1. The number of nitrogens with one attached hydrogen (secondary N) is 1. The number of benzene rings is 3. The van der Waals surface area contributed by atoms with Crippen molar-refractivity contribution in [1.82, 2.24) is 0 Å². The van der Waals surface area contributed by atoms with Gasteiger partial charge in [0.25, 0.3) is 5.91 Å². The predicted molar refractivity (Wildman–Crippen MR) is 136 cm³/mol. The second-order valence-corrected chi connectivity index (χ2v) is 10.0. The number of thioether (sulfide) groups is 1. The van der Waals surface area contributed by atoms with Crippen LogP contribution in [0.15, 0.2) is 66.7 Å². The minimum atomic E-state index is -1.26. The summed E-state index contributed by atoms with van der Waals surface area (Å²) in [5, 5.41) is 3.46. The number of nitrogens with zero attached hydrogens (tertiary/aromatic N) is 2. The normalized spacial score (nSPS) is 19.1. The van der Waals surface area contributed by atoms with E-state index in [0.29, 0.717) is 27.6 Å². The van der Waals surface area contributed by atoms with Gasteiger partial charge < -0.3 is 5.32 Å². The van der Waals surface area contributed by atoms with Gasteiger partial charge in [-0.05, 0) is 55.8 Å². The quantitative estimate of drug-likeness (QED) is 0.565. The highest BCUT2D eigenvalue weighted by Crippen LogP contribution is 2.55. The maximum absolute atomic E-state index is 14.0. The number of aryl methyl sites for hydroxylation is 2. The zero-order valence-corrected chi connectivity index (χ0v) is 20.2. The molecule has 1 spiro atoms. The maximum atomic E-state index is 14.0. The Morgan fingerprint density at radius 1 is 1.06 bits per heavy atom. The summed E-state index contributed by atoms with van der Waals surface area (Å²) in [7, 11) is 0. The summed E-state index contributed by atoms with van der Waals surface area (Å²) in [5.41, 5.74) is 4.67. The Hall–Kier alpha value is -3.29. The fourth-order valence-electron chi connectivity index (χ4n) is 4.59. The molecule has 5 rings (SSSR count). The van der Waals surface area contributed by atoms with Gasteiger partial charge in [0.05, 0.1) is 11.4 Å². The largest absolute Gasteiger partial charge is 0.324 e. The molecule has 172 valence electrons. The lowest BCUT2D eigenvalue weighted by Crippen LogP contribution is -2.50. The fraction of sp³-hybridized carbons (Fsp3) is 0.192. The van der Waals surface area contributed by atoms with Crippen LogP contribution in [-0.2, 0) is 19.3 Å². The first-order valence-electron chi connectivity index (χ1n) is 10.8. The van der Waals surface area contributed by atoms with Crippen LogP contribution < -0.4 is 15.1 Å². The van der Waals surface area contributed by atoms with Crippen LogP contribution in [0.25, 0.3) is 0 Å². The molecule has 6 nitrogen and oxygen atoms in total. The zero-order chi connectivity index (χ0) is 24.0. The minimum Gasteiger partial charge on any atom is -0.324 e. The van der Waals surface area contributed by atoms with Crippen LogP contribution in [0, 0.1) is 13.8 Å². The molecule has 3 aromatic carbocycles. The van der Waals surface area contributed by atoms with Crippen molar-refractivity contribution in [2.45, 2.75) is 18.7 Å². The monoisotopic (exact) mass is 491 g/mol. The molecule has 1 fully saturated rings. The highest BCUT2D eigenvalue weighted by atomic mass is 35.5. The molecule has 0 saturated carbocycles. The van der Waals surface area contributed by atoms with Gasteiger partial charge in [0.1, 0.15) is 6.54 Å². The van der Waals surface area contributed by atoms with Crippen molar-refractivity contribution in [3.63, 3.8) is 0 Å². The summed E-state index contributed by atoms with van der Waals surface area (Å²) >= 11 is 7.33. The second kappa shape index (κ2) is 8.49. The maximum Gasteiger partial charge on any atom is 0.269 e. The van der Waals surface area contributed by atoms with Gasteiger partial charge in [-0.15, -0.1) is 11.8 Å². The summed E-state index contributed by atoms with van der Waals surface area (Å²) < 4.78 is 0. The number of fused-ring (bicyclic) bond motifs is 2. The number of halogens is 1. The van der Waals surface area contributed by atoms with Crippen molar-refractivity contribution < 1.29 is 14.4 Å². The van der Waals surface area contributed by atoms with Crippen LogP contribution in [0.5, 0.6) is 0 Å². The van der Waals surface area contributed by atoms with Crippen LogP contribution in [-0.4, -0.2) is 30.0 Å². The lowest BCUT2D eigenvalue weighted by Gasteiger charge is -2.33. The van der Waals surface area contributed by atoms with Gasteiger partial charge in [0.2, 0.25) is 16.7 Å². The first-order chi connectivity index (χ1) is 16.3. The van der Waals surface area contributed by atoms with Gasteiger partial charge >= 0.3 is 0 Å². The average Bonchev–Trinajstić information content (AvgIpc) is 3.27. The average molecular weight is 492 g/mol. The van der Waals surface area contributed by atoms with E-state index in [1.54, 1.807) is 24.3 Å². The van der Waals surface area contributed by atoms with E-state index in [9.17, 15) is 14.4 Å². The fourth-order valence-corrected chi connectivity index (χ4v) is 6.08. The van der Waals surface area contributed by atoms with Crippen LogP contribution in [0.3, 0.4) is 0 Å². The number of hydrogen-bond acceptors (Lipinski definition) is 4. The molecular weight excluding hydrogens is 470 g/mol. The van der Waals surface area contributed by atoms with E-state index in [1.807, 2.05) is 56.3 Å². The second-order valence-electron chi connectivity index (χ2n) is 8.41. The number of hydrogen-bond donors (Lipinski definition) is 1. The lowest BCUT2D eigenvalue weighted by molar-refractivity contribution is -0.124. The van der Waals surface area contributed by atoms with Crippen molar-refractivity contribution >= 4 is 58.1 Å². The van der Waals surface area contributed by atoms with Crippen molar-refractivity contribution in [2.24, 2.45) is 0 Å². The molecule has 3 amide bonds. The zero-order valence-electron chi connectivity index (χ0n) is 18.7. The molecule has 3 aromatic rings. The standard InChI is InChI=1S/C26H22ClN3O3S/c1-16-7-12-21(17(2)13-16)28-23(31)14-29-22-6-4-3-5-20(22)26(25(29)33)30(24(32)15-34-26)19-10-8-18(27)9-11-19/h3-13H,14-15H2,1-2H3,(H,28,31)/t26-/m0/s1. The SMILES string of the molecule is Cc1ccc(NC(=O)CN2C(=O)[C@@]3(SCC(=O)N3c3ccc(Cl)cc3)c3ccccc32)c(C)c1. The summed E-state index contributed by atoms with van der Waals surface area (Å²) in [6, 6.07) is 20.0. The molecule has 2 aliphatic heterocycles. The molecule has 1 saturated heterocycles. The minimum absolute atomic E-state index is 0.158. The third-order valence-corrected chi connectivity index (χ3v) is 7.74. The molecule has 0 aromatic heterocycles. The highest BCUT2D eigenvalue weighted by molar-refractivity contribution is 8.02. The Bertz CT molecular complexity index is 1330. The summed E-state index contributed by atoms with van der Waals surface area (Å²) in [5.74, 6) is -0.627. The van der Waals surface area contributed by atoms with Gasteiger partial charge in [-0.25, -0.2) is 0 Å². The van der Waals surface area contributed by atoms with Crippen molar-refractivity contribution in [2.75, 3.05) is 27.4 Å². The van der Waals surface area contributed by atoms with E-state index < -0.39 is 4.87 Å². The molecule has 1 atom stereocenters. The van der Waals surface area contributed by atoms with Gasteiger partial charge in [-0.2, -0.15) is 0 Å². The summed E-state index contributed by atoms with van der Waals surface area (Å²) in [6.07, 6.45) is 0. The topological polar surface area (TPSA) is 69.7 Å². The molecule has 0 radical (unpaired) electrons. The summed E-state index contributed by atoms with van der Waals surface area (Å²) in [4.78, 5) is 41.8. The van der Waals surface area contributed by atoms with E-state index >= 15 is 0 Å².